The van der Waals surface area contributed by atoms with Gasteiger partial charge in [0.15, 0.2) is 0 Å². The molecule has 2 bridgehead atoms. The average molecular weight is 252 g/mol. The summed E-state index contributed by atoms with van der Waals surface area (Å²) in [5, 5.41) is 16.5. The van der Waals surface area contributed by atoms with Crippen LogP contribution in [0.3, 0.4) is 0 Å². The van der Waals surface area contributed by atoms with E-state index >= 15 is 0 Å². The molecule has 1 saturated carbocycles. The Morgan fingerprint density at radius 3 is 2.72 bits per heavy atom. The normalized spacial score (nSPS) is 43.1. The topological polar surface area (TPSA) is 61.4 Å². The predicted molar refractivity (Wildman–Crippen MR) is 69.0 cm³/mol. The second-order valence-electron chi connectivity index (χ2n) is 6.25. The molecule has 0 spiro atoms. The molecule has 3 rings (SSSR count). The van der Waals surface area contributed by atoms with Gasteiger partial charge in [-0.05, 0) is 32.1 Å². The lowest BCUT2D eigenvalue weighted by atomic mass is 9.85. The molecule has 2 aliphatic heterocycles. The molecule has 0 aromatic rings. The standard InChI is InChI=1S/C14H24N2O2/c17-13-4-2-1-3-9(13)8-15-14(18)11-7-10-5-6-12(11)16-10/h9-13,16-17H,1-8H2,(H,15,18). The minimum absolute atomic E-state index is 0.171. The van der Waals surface area contributed by atoms with Gasteiger partial charge in [0.05, 0.1) is 12.0 Å². The number of amides is 1. The van der Waals surface area contributed by atoms with Gasteiger partial charge in [0.1, 0.15) is 0 Å². The molecule has 2 saturated heterocycles. The molecular formula is C14H24N2O2. The maximum Gasteiger partial charge on any atom is 0.224 e. The van der Waals surface area contributed by atoms with E-state index in [0.717, 1.165) is 32.1 Å². The van der Waals surface area contributed by atoms with Crippen LogP contribution in [0, 0.1) is 11.8 Å². The van der Waals surface area contributed by atoms with Crippen molar-refractivity contribution in [3.8, 4) is 0 Å². The van der Waals surface area contributed by atoms with Gasteiger partial charge in [-0.15, -0.1) is 0 Å². The smallest absolute Gasteiger partial charge is 0.224 e. The summed E-state index contributed by atoms with van der Waals surface area (Å²) in [6.45, 7) is 0.661. The van der Waals surface area contributed by atoms with Crippen LogP contribution in [0.1, 0.15) is 44.9 Å². The molecule has 2 heterocycles. The number of aliphatic hydroxyl groups excluding tert-OH is 1. The maximum atomic E-state index is 12.2. The van der Waals surface area contributed by atoms with E-state index in [9.17, 15) is 9.90 Å². The Morgan fingerprint density at radius 1 is 1.22 bits per heavy atom. The lowest BCUT2D eigenvalue weighted by Crippen LogP contribution is -2.42. The Bertz CT molecular complexity index is 321. The van der Waals surface area contributed by atoms with Gasteiger partial charge in [0.25, 0.3) is 0 Å². The summed E-state index contributed by atoms with van der Waals surface area (Å²) in [6, 6.07) is 0.984. The number of hydrogen-bond acceptors (Lipinski definition) is 3. The van der Waals surface area contributed by atoms with Crippen molar-refractivity contribution in [1.82, 2.24) is 10.6 Å². The van der Waals surface area contributed by atoms with Crippen molar-refractivity contribution in [2.24, 2.45) is 11.8 Å². The molecule has 5 unspecified atom stereocenters. The van der Waals surface area contributed by atoms with Crippen LogP contribution in [-0.4, -0.2) is 35.7 Å². The van der Waals surface area contributed by atoms with E-state index in [0.29, 0.717) is 18.6 Å². The van der Waals surface area contributed by atoms with Crippen LogP contribution in [-0.2, 0) is 4.79 Å². The van der Waals surface area contributed by atoms with Crippen molar-refractivity contribution in [2.45, 2.75) is 63.1 Å². The Kier molecular flexibility index (Phi) is 3.57. The largest absolute Gasteiger partial charge is 0.393 e. The summed E-state index contributed by atoms with van der Waals surface area (Å²) >= 11 is 0. The minimum Gasteiger partial charge on any atom is -0.393 e. The number of hydrogen-bond donors (Lipinski definition) is 3. The number of carbonyl (C=O) groups is 1. The van der Waals surface area contributed by atoms with Crippen molar-refractivity contribution in [3.05, 3.63) is 0 Å². The quantitative estimate of drug-likeness (QED) is 0.696. The van der Waals surface area contributed by atoms with Crippen molar-refractivity contribution >= 4 is 5.91 Å². The highest BCUT2D eigenvalue weighted by atomic mass is 16.3. The minimum atomic E-state index is -0.211. The maximum absolute atomic E-state index is 12.2. The molecular weight excluding hydrogens is 228 g/mol. The summed E-state index contributed by atoms with van der Waals surface area (Å²) in [5.41, 5.74) is 0. The number of fused-ring (bicyclic) bond motifs is 2. The van der Waals surface area contributed by atoms with Gasteiger partial charge in [0, 0.05) is 24.5 Å². The number of carbonyl (C=O) groups excluding carboxylic acids is 1. The fraction of sp³-hybridized carbons (Fsp3) is 0.929. The summed E-state index contributed by atoms with van der Waals surface area (Å²) in [4.78, 5) is 12.2. The Balaban J connectivity index is 1.46. The molecule has 1 aliphatic carbocycles. The Morgan fingerprint density at radius 2 is 2.06 bits per heavy atom. The second-order valence-corrected chi connectivity index (χ2v) is 6.25. The summed E-state index contributed by atoms with van der Waals surface area (Å²) < 4.78 is 0. The van der Waals surface area contributed by atoms with E-state index in [1.807, 2.05) is 0 Å². The molecule has 1 amide bonds. The summed E-state index contributed by atoms with van der Waals surface area (Å²) in [5.74, 6) is 0.645. The van der Waals surface area contributed by atoms with Crippen LogP contribution in [0.2, 0.25) is 0 Å². The molecule has 0 aromatic carbocycles. The second kappa shape index (κ2) is 5.17. The first-order chi connectivity index (χ1) is 8.74. The van der Waals surface area contributed by atoms with Gasteiger partial charge in [-0.3, -0.25) is 4.79 Å². The Labute approximate surface area is 109 Å². The highest BCUT2D eigenvalue weighted by Gasteiger charge is 2.42. The average Bonchev–Trinajstić information content (AvgIpc) is 2.99. The first-order valence-electron chi connectivity index (χ1n) is 7.46. The Hall–Kier alpha value is -0.610. The molecule has 5 atom stereocenters. The third-order valence-corrected chi connectivity index (χ3v) is 5.04. The van der Waals surface area contributed by atoms with Gasteiger partial charge < -0.3 is 15.7 Å². The van der Waals surface area contributed by atoms with Crippen LogP contribution >= 0.6 is 0 Å². The predicted octanol–water partition coefficient (Wildman–Crippen LogP) is 0.794. The van der Waals surface area contributed by atoms with Crippen molar-refractivity contribution in [2.75, 3.05) is 6.54 Å². The molecule has 0 radical (unpaired) electrons. The molecule has 4 nitrogen and oxygen atoms in total. The van der Waals surface area contributed by atoms with E-state index in [-0.39, 0.29) is 23.8 Å². The number of nitrogens with one attached hydrogen (secondary N) is 2. The van der Waals surface area contributed by atoms with E-state index in [1.54, 1.807) is 0 Å². The lowest BCUT2D eigenvalue weighted by molar-refractivity contribution is -0.126. The fourth-order valence-electron chi connectivity index (χ4n) is 3.90. The zero-order valence-corrected chi connectivity index (χ0v) is 10.9. The van der Waals surface area contributed by atoms with Gasteiger partial charge in [0.2, 0.25) is 5.91 Å². The van der Waals surface area contributed by atoms with Crippen LogP contribution in [0.25, 0.3) is 0 Å². The van der Waals surface area contributed by atoms with Gasteiger partial charge in [-0.1, -0.05) is 12.8 Å². The van der Waals surface area contributed by atoms with E-state index < -0.39 is 0 Å². The van der Waals surface area contributed by atoms with Crippen LogP contribution in [0.15, 0.2) is 0 Å². The van der Waals surface area contributed by atoms with Crippen molar-refractivity contribution in [1.29, 1.82) is 0 Å². The van der Waals surface area contributed by atoms with E-state index in [4.69, 9.17) is 0 Å². The van der Waals surface area contributed by atoms with Crippen molar-refractivity contribution < 1.29 is 9.90 Å². The van der Waals surface area contributed by atoms with E-state index in [2.05, 4.69) is 10.6 Å². The van der Waals surface area contributed by atoms with Gasteiger partial charge in [-0.25, -0.2) is 0 Å². The zero-order chi connectivity index (χ0) is 12.5. The molecule has 18 heavy (non-hydrogen) atoms. The van der Waals surface area contributed by atoms with Gasteiger partial charge >= 0.3 is 0 Å². The monoisotopic (exact) mass is 252 g/mol. The first-order valence-corrected chi connectivity index (χ1v) is 7.46. The SMILES string of the molecule is O=C(NCC1CCCCC1O)C1CC2CCC1N2. The zero-order valence-electron chi connectivity index (χ0n) is 10.9. The summed E-state index contributed by atoms with van der Waals surface area (Å²) in [7, 11) is 0. The molecule has 102 valence electrons. The molecule has 3 N–H and O–H groups in total. The highest BCUT2D eigenvalue weighted by molar-refractivity contribution is 5.80. The molecule has 4 heteroatoms. The fourth-order valence-corrected chi connectivity index (χ4v) is 3.90. The third-order valence-electron chi connectivity index (χ3n) is 5.04. The summed E-state index contributed by atoms with van der Waals surface area (Å²) in [6.07, 6.45) is 7.44. The van der Waals surface area contributed by atoms with Crippen LogP contribution in [0.4, 0.5) is 0 Å². The molecule has 3 fully saturated rings. The third kappa shape index (κ3) is 2.41. The number of rotatable bonds is 3. The number of aliphatic hydroxyl groups is 1. The van der Waals surface area contributed by atoms with Crippen LogP contribution < -0.4 is 10.6 Å². The van der Waals surface area contributed by atoms with E-state index in [1.165, 1.54) is 12.8 Å². The van der Waals surface area contributed by atoms with Crippen LogP contribution in [0.5, 0.6) is 0 Å². The molecule has 0 aromatic heterocycles. The molecule has 3 aliphatic rings. The van der Waals surface area contributed by atoms with Crippen molar-refractivity contribution in [3.63, 3.8) is 0 Å². The highest BCUT2D eigenvalue weighted by Crippen LogP contribution is 2.33. The lowest BCUT2D eigenvalue weighted by Gasteiger charge is -2.28. The first kappa shape index (κ1) is 12.4. The van der Waals surface area contributed by atoms with Gasteiger partial charge in [-0.2, -0.15) is 0 Å².